The van der Waals surface area contributed by atoms with Gasteiger partial charge in [-0.15, -0.1) is 0 Å². The van der Waals surface area contributed by atoms with E-state index < -0.39 is 10.0 Å². The summed E-state index contributed by atoms with van der Waals surface area (Å²) in [5.74, 6) is 0.0313. The average Bonchev–Trinajstić information content (AvgIpc) is 2.74. The maximum absolute atomic E-state index is 12.4. The molecule has 0 heterocycles. The van der Waals surface area contributed by atoms with Gasteiger partial charge in [0, 0.05) is 12.2 Å². The van der Waals surface area contributed by atoms with Crippen LogP contribution in [0.1, 0.15) is 5.56 Å². The van der Waals surface area contributed by atoms with Crippen LogP contribution in [0.4, 0.5) is 5.69 Å². The number of para-hydroxylation sites is 1. The standard InChI is InChI=1S/C22H21ClN2O4S/c23-20-8-4-5-9-21(20)29-16-22(26)25-18-10-12-19(13-11-18)30(27,28)24-15-14-17-6-2-1-3-7-17/h1-13,24H,14-16H2,(H,25,26). The first kappa shape index (κ1) is 21.8. The number of halogens is 1. The van der Waals surface area contributed by atoms with Gasteiger partial charge >= 0.3 is 0 Å². The smallest absolute Gasteiger partial charge is 0.262 e. The van der Waals surface area contributed by atoms with Gasteiger partial charge in [0.25, 0.3) is 5.91 Å². The minimum atomic E-state index is -3.63. The zero-order chi connectivity index (χ0) is 21.4. The van der Waals surface area contributed by atoms with E-state index in [1.54, 1.807) is 24.3 Å². The maximum Gasteiger partial charge on any atom is 0.262 e. The van der Waals surface area contributed by atoms with Crippen LogP contribution in [-0.2, 0) is 21.2 Å². The molecule has 0 unspecified atom stereocenters. The number of nitrogens with one attached hydrogen (secondary N) is 2. The number of amides is 1. The molecule has 3 rings (SSSR count). The number of benzene rings is 3. The highest BCUT2D eigenvalue weighted by Gasteiger charge is 2.14. The van der Waals surface area contributed by atoms with Gasteiger partial charge in [0.1, 0.15) is 5.75 Å². The van der Waals surface area contributed by atoms with E-state index in [9.17, 15) is 13.2 Å². The molecule has 156 valence electrons. The summed E-state index contributed by atoms with van der Waals surface area (Å²) >= 11 is 5.98. The highest BCUT2D eigenvalue weighted by Crippen LogP contribution is 2.23. The van der Waals surface area contributed by atoms with Gasteiger partial charge in [0.05, 0.1) is 9.92 Å². The molecule has 0 spiro atoms. The highest BCUT2D eigenvalue weighted by molar-refractivity contribution is 7.89. The van der Waals surface area contributed by atoms with Crippen molar-refractivity contribution in [2.45, 2.75) is 11.3 Å². The van der Waals surface area contributed by atoms with Crippen molar-refractivity contribution < 1.29 is 17.9 Å². The average molecular weight is 445 g/mol. The highest BCUT2D eigenvalue weighted by atomic mass is 35.5. The van der Waals surface area contributed by atoms with E-state index in [1.165, 1.54) is 24.3 Å². The molecule has 3 aromatic rings. The molecule has 0 bridgehead atoms. The number of ether oxygens (including phenoxy) is 1. The quantitative estimate of drug-likeness (QED) is 0.524. The number of hydrogen-bond donors (Lipinski definition) is 2. The lowest BCUT2D eigenvalue weighted by Crippen LogP contribution is -2.26. The van der Waals surface area contributed by atoms with E-state index in [0.717, 1.165) is 5.56 Å². The molecule has 1 amide bonds. The van der Waals surface area contributed by atoms with Crippen molar-refractivity contribution in [3.05, 3.63) is 89.4 Å². The van der Waals surface area contributed by atoms with Gasteiger partial charge in [-0.25, -0.2) is 13.1 Å². The van der Waals surface area contributed by atoms with Gasteiger partial charge < -0.3 is 10.1 Å². The van der Waals surface area contributed by atoms with Gasteiger partial charge in [0.15, 0.2) is 6.61 Å². The van der Waals surface area contributed by atoms with Crippen LogP contribution in [0.25, 0.3) is 0 Å². The number of hydrogen-bond acceptors (Lipinski definition) is 4. The first-order valence-corrected chi connectivity index (χ1v) is 11.1. The van der Waals surface area contributed by atoms with E-state index in [-0.39, 0.29) is 17.4 Å². The maximum atomic E-state index is 12.4. The topological polar surface area (TPSA) is 84.5 Å². The zero-order valence-corrected chi connectivity index (χ0v) is 17.6. The third kappa shape index (κ3) is 6.32. The van der Waals surface area contributed by atoms with Crippen LogP contribution in [0.15, 0.2) is 83.8 Å². The Morgan fingerprint density at radius 1 is 0.900 bits per heavy atom. The summed E-state index contributed by atoms with van der Waals surface area (Å²) < 4.78 is 32.8. The van der Waals surface area contributed by atoms with Crippen molar-refractivity contribution in [2.75, 3.05) is 18.5 Å². The Bertz CT molecular complexity index is 1090. The number of rotatable bonds is 9. The second-order valence-corrected chi connectivity index (χ2v) is 8.60. The Labute approximate surface area is 180 Å². The van der Waals surface area contributed by atoms with Crippen molar-refractivity contribution in [2.24, 2.45) is 0 Å². The number of sulfonamides is 1. The van der Waals surface area contributed by atoms with Gasteiger partial charge in [-0.3, -0.25) is 4.79 Å². The van der Waals surface area contributed by atoms with E-state index >= 15 is 0 Å². The van der Waals surface area contributed by atoms with Gasteiger partial charge in [-0.1, -0.05) is 54.1 Å². The molecule has 0 atom stereocenters. The van der Waals surface area contributed by atoms with E-state index in [2.05, 4.69) is 10.0 Å². The second kappa shape index (κ2) is 10.2. The SMILES string of the molecule is O=C(COc1ccccc1Cl)Nc1ccc(S(=O)(=O)NCCc2ccccc2)cc1. The lowest BCUT2D eigenvalue weighted by atomic mass is 10.2. The Balaban J connectivity index is 1.50. The third-order valence-corrected chi connectivity index (χ3v) is 5.98. The van der Waals surface area contributed by atoms with Crippen molar-refractivity contribution in [3.8, 4) is 5.75 Å². The molecule has 0 saturated heterocycles. The van der Waals surface area contributed by atoms with Crippen LogP contribution in [0.2, 0.25) is 5.02 Å². The van der Waals surface area contributed by atoms with Crippen LogP contribution in [0, 0.1) is 0 Å². The number of carbonyl (C=O) groups excluding carboxylic acids is 1. The first-order chi connectivity index (χ1) is 14.4. The van der Waals surface area contributed by atoms with E-state index in [1.807, 2.05) is 30.3 Å². The summed E-state index contributed by atoms with van der Waals surface area (Å²) in [4.78, 5) is 12.2. The molecule has 0 aliphatic heterocycles. The summed E-state index contributed by atoms with van der Waals surface area (Å²) in [6, 6.07) is 22.4. The monoisotopic (exact) mass is 444 g/mol. The molecular weight excluding hydrogens is 424 g/mol. The van der Waals surface area contributed by atoms with Gasteiger partial charge in [-0.2, -0.15) is 0 Å². The fraction of sp³-hybridized carbons (Fsp3) is 0.136. The summed E-state index contributed by atoms with van der Waals surface area (Å²) in [5, 5.41) is 3.07. The van der Waals surface area contributed by atoms with Crippen molar-refractivity contribution in [3.63, 3.8) is 0 Å². The molecule has 0 aliphatic carbocycles. The number of anilines is 1. The lowest BCUT2D eigenvalue weighted by Gasteiger charge is -2.10. The molecule has 8 heteroatoms. The normalized spacial score (nSPS) is 11.1. The molecule has 0 aliphatic rings. The van der Waals surface area contributed by atoms with Crippen molar-refractivity contribution >= 4 is 33.2 Å². The predicted octanol–water partition coefficient (Wildman–Crippen LogP) is 3.88. The largest absolute Gasteiger partial charge is 0.482 e. The summed E-state index contributed by atoms with van der Waals surface area (Å²) in [5.41, 5.74) is 1.52. The molecule has 3 aromatic carbocycles. The fourth-order valence-electron chi connectivity index (χ4n) is 2.68. The fourth-order valence-corrected chi connectivity index (χ4v) is 3.90. The van der Waals surface area contributed by atoms with Crippen LogP contribution in [-0.4, -0.2) is 27.5 Å². The minimum absolute atomic E-state index is 0.126. The molecule has 30 heavy (non-hydrogen) atoms. The zero-order valence-electron chi connectivity index (χ0n) is 16.0. The van der Waals surface area contributed by atoms with Crippen molar-refractivity contribution in [1.82, 2.24) is 4.72 Å². The van der Waals surface area contributed by atoms with Gasteiger partial charge in [-0.05, 0) is 48.4 Å². The van der Waals surface area contributed by atoms with E-state index in [4.69, 9.17) is 16.3 Å². The lowest BCUT2D eigenvalue weighted by molar-refractivity contribution is -0.118. The Morgan fingerprint density at radius 3 is 2.27 bits per heavy atom. The third-order valence-electron chi connectivity index (χ3n) is 4.19. The molecule has 0 aromatic heterocycles. The Hall–Kier alpha value is -2.87. The van der Waals surface area contributed by atoms with Crippen LogP contribution >= 0.6 is 11.6 Å². The predicted molar refractivity (Wildman–Crippen MR) is 117 cm³/mol. The van der Waals surface area contributed by atoms with Crippen LogP contribution in [0.3, 0.4) is 0 Å². The molecule has 0 fully saturated rings. The first-order valence-electron chi connectivity index (χ1n) is 9.25. The van der Waals surface area contributed by atoms with Crippen LogP contribution in [0.5, 0.6) is 5.75 Å². The molecule has 2 N–H and O–H groups in total. The second-order valence-electron chi connectivity index (χ2n) is 6.43. The molecule has 0 saturated carbocycles. The molecule has 0 radical (unpaired) electrons. The van der Waals surface area contributed by atoms with E-state index in [0.29, 0.717) is 29.4 Å². The molecular formula is C22H21ClN2O4S. The Morgan fingerprint density at radius 2 is 1.57 bits per heavy atom. The van der Waals surface area contributed by atoms with Crippen molar-refractivity contribution in [1.29, 1.82) is 0 Å². The summed E-state index contributed by atoms with van der Waals surface area (Å²) in [6.45, 7) is 0.0784. The Kier molecular flexibility index (Phi) is 7.46. The molecule has 6 nitrogen and oxygen atoms in total. The minimum Gasteiger partial charge on any atom is -0.482 e. The summed E-state index contributed by atoms with van der Waals surface area (Å²) in [7, 11) is -3.63. The van der Waals surface area contributed by atoms with Crippen LogP contribution < -0.4 is 14.8 Å². The number of carbonyl (C=O) groups is 1. The van der Waals surface area contributed by atoms with Gasteiger partial charge in [0.2, 0.25) is 10.0 Å². The summed E-state index contributed by atoms with van der Waals surface area (Å²) in [6.07, 6.45) is 0.597.